The summed E-state index contributed by atoms with van der Waals surface area (Å²) in [6.07, 6.45) is 4.84. The smallest absolute Gasteiger partial charge is 0.249 e. The molecule has 3 amide bonds. The number of β-amino-alcohol motifs (C(OH)–C–C–N with tert-alkyl or cyclic N) is 1. The number of hydrogen-bond acceptors (Lipinski definition) is 5. The zero-order chi connectivity index (χ0) is 26.3. The first-order chi connectivity index (χ1) is 16.3. The number of carbonyl (C=O) groups excluding carboxylic acids is 3. The van der Waals surface area contributed by atoms with E-state index < -0.39 is 35.1 Å². The standard InChI is InChI=1S/C27H43N3O5/c1-9-13-28(8)22(32)19-18-11-12-27(35-18)20(19)23(33)29(15-16-31)21(27)24(34)30(14-10-2)26(6,7)17-25(3,4)5/h9-10,18-21,31H,1-2,11-17H2,3-8H3/t18-,19+,20+,21?,27?/m1/s1. The van der Waals surface area contributed by atoms with Crippen LogP contribution in [0.25, 0.3) is 0 Å². The molecular formula is C27H43N3O5. The second-order valence-corrected chi connectivity index (χ2v) is 12.1. The summed E-state index contributed by atoms with van der Waals surface area (Å²) in [6.45, 7) is 18.5. The molecule has 3 saturated heterocycles. The van der Waals surface area contributed by atoms with Crippen molar-refractivity contribution >= 4 is 17.7 Å². The van der Waals surface area contributed by atoms with Crippen molar-refractivity contribution in [3.8, 4) is 0 Å². The number of amides is 3. The Balaban J connectivity index is 2.04. The molecule has 35 heavy (non-hydrogen) atoms. The molecule has 0 aromatic rings. The number of likely N-dealkylation sites (N-methyl/N-ethyl adjacent to an activating group) is 1. The van der Waals surface area contributed by atoms with Gasteiger partial charge in [-0.1, -0.05) is 32.9 Å². The van der Waals surface area contributed by atoms with Gasteiger partial charge >= 0.3 is 0 Å². The van der Waals surface area contributed by atoms with Crippen LogP contribution in [-0.4, -0.2) is 94.1 Å². The number of fused-ring (bicyclic) bond motifs is 1. The van der Waals surface area contributed by atoms with Crippen LogP contribution in [0.3, 0.4) is 0 Å². The van der Waals surface area contributed by atoms with Gasteiger partial charge in [0.05, 0.1) is 24.5 Å². The molecule has 3 heterocycles. The van der Waals surface area contributed by atoms with Crippen molar-refractivity contribution in [3.05, 3.63) is 25.3 Å². The number of likely N-dealkylation sites (tertiary alicyclic amines) is 1. The van der Waals surface area contributed by atoms with Crippen LogP contribution in [0.1, 0.15) is 53.9 Å². The van der Waals surface area contributed by atoms with Gasteiger partial charge in [-0.25, -0.2) is 0 Å². The fraction of sp³-hybridized carbons (Fsp3) is 0.741. The van der Waals surface area contributed by atoms with E-state index >= 15 is 0 Å². The van der Waals surface area contributed by atoms with E-state index in [1.807, 2.05) is 13.8 Å². The number of nitrogens with zero attached hydrogens (tertiary/aromatic N) is 3. The Hall–Kier alpha value is -2.19. The number of aliphatic hydroxyl groups excluding tert-OH is 1. The van der Waals surface area contributed by atoms with Gasteiger partial charge in [-0.2, -0.15) is 0 Å². The minimum absolute atomic E-state index is 0.0204. The summed E-state index contributed by atoms with van der Waals surface area (Å²) in [5, 5.41) is 9.80. The highest BCUT2D eigenvalue weighted by Crippen LogP contribution is 2.59. The van der Waals surface area contributed by atoms with Crippen molar-refractivity contribution in [2.45, 2.75) is 77.2 Å². The SMILES string of the molecule is C=CCN(C)C(=O)[C@@H]1[C@H]2C(=O)N(CCO)C(C(=O)N(CC=C)C(C)(C)CC(C)(C)C)C23CC[C@H]1O3. The third kappa shape index (κ3) is 4.67. The molecule has 0 aromatic heterocycles. The van der Waals surface area contributed by atoms with E-state index in [0.717, 1.165) is 6.42 Å². The lowest BCUT2D eigenvalue weighted by molar-refractivity contribution is -0.153. The molecule has 196 valence electrons. The third-order valence-electron chi connectivity index (χ3n) is 7.71. The Bertz CT molecular complexity index is 879. The largest absolute Gasteiger partial charge is 0.395 e. The van der Waals surface area contributed by atoms with Crippen LogP contribution in [0, 0.1) is 17.3 Å². The molecule has 2 bridgehead atoms. The molecule has 5 atom stereocenters. The Labute approximate surface area is 210 Å². The van der Waals surface area contributed by atoms with Gasteiger partial charge in [0.25, 0.3) is 0 Å². The number of hydrogen-bond donors (Lipinski definition) is 1. The highest BCUT2D eigenvalue weighted by Gasteiger charge is 2.75. The minimum Gasteiger partial charge on any atom is -0.395 e. The van der Waals surface area contributed by atoms with Crippen LogP contribution in [0.4, 0.5) is 0 Å². The molecule has 8 nitrogen and oxygen atoms in total. The molecule has 0 radical (unpaired) electrons. The monoisotopic (exact) mass is 489 g/mol. The van der Waals surface area contributed by atoms with Gasteiger partial charge in [-0.05, 0) is 38.5 Å². The van der Waals surface area contributed by atoms with Crippen LogP contribution in [0.15, 0.2) is 25.3 Å². The van der Waals surface area contributed by atoms with E-state index in [2.05, 4.69) is 33.9 Å². The quantitative estimate of drug-likeness (QED) is 0.475. The highest BCUT2D eigenvalue weighted by atomic mass is 16.5. The lowest BCUT2D eigenvalue weighted by Gasteiger charge is -2.45. The van der Waals surface area contributed by atoms with Crippen molar-refractivity contribution in [3.63, 3.8) is 0 Å². The van der Waals surface area contributed by atoms with Crippen molar-refractivity contribution in [2.24, 2.45) is 17.3 Å². The first kappa shape index (κ1) is 27.4. The van der Waals surface area contributed by atoms with Gasteiger partial charge in [-0.3, -0.25) is 14.4 Å². The molecule has 0 aromatic carbocycles. The summed E-state index contributed by atoms with van der Waals surface area (Å²) in [6, 6.07) is -0.890. The summed E-state index contributed by atoms with van der Waals surface area (Å²) < 4.78 is 6.48. The van der Waals surface area contributed by atoms with E-state index in [1.54, 1.807) is 29.0 Å². The average molecular weight is 490 g/mol. The lowest BCUT2D eigenvalue weighted by Crippen LogP contribution is -2.61. The second-order valence-electron chi connectivity index (χ2n) is 12.1. The minimum atomic E-state index is -1.07. The highest BCUT2D eigenvalue weighted by molar-refractivity contribution is 5.99. The molecule has 3 fully saturated rings. The molecule has 3 rings (SSSR count). The Morgan fingerprint density at radius 3 is 2.34 bits per heavy atom. The van der Waals surface area contributed by atoms with Crippen molar-refractivity contribution in [2.75, 3.05) is 33.3 Å². The van der Waals surface area contributed by atoms with Gasteiger partial charge in [-0.15, -0.1) is 13.2 Å². The molecule has 3 aliphatic heterocycles. The van der Waals surface area contributed by atoms with E-state index in [4.69, 9.17) is 4.74 Å². The fourth-order valence-corrected chi connectivity index (χ4v) is 6.91. The number of rotatable bonds is 10. The maximum absolute atomic E-state index is 14.4. The topological polar surface area (TPSA) is 90.4 Å². The van der Waals surface area contributed by atoms with E-state index in [9.17, 15) is 19.5 Å². The van der Waals surface area contributed by atoms with Gasteiger partial charge in [0, 0.05) is 32.2 Å². The number of aliphatic hydroxyl groups is 1. The fourth-order valence-electron chi connectivity index (χ4n) is 6.91. The lowest BCUT2D eigenvalue weighted by atomic mass is 9.70. The first-order valence-electron chi connectivity index (χ1n) is 12.6. The van der Waals surface area contributed by atoms with Gasteiger partial charge < -0.3 is 24.5 Å². The normalized spacial score (nSPS) is 29.8. The zero-order valence-corrected chi connectivity index (χ0v) is 22.2. The molecule has 0 aliphatic carbocycles. The number of carbonyl (C=O) groups is 3. The summed E-state index contributed by atoms with van der Waals surface area (Å²) in [4.78, 5) is 46.3. The zero-order valence-electron chi connectivity index (χ0n) is 22.2. The molecule has 0 saturated carbocycles. The molecule has 8 heteroatoms. The van der Waals surface area contributed by atoms with Crippen LogP contribution >= 0.6 is 0 Å². The Kier molecular flexibility index (Phi) is 7.59. The summed E-state index contributed by atoms with van der Waals surface area (Å²) in [5.74, 6) is -2.04. The van der Waals surface area contributed by atoms with Crippen molar-refractivity contribution in [1.82, 2.24) is 14.7 Å². The average Bonchev–Trinajstić information content (AvgIpc) is 3.37. The molecule has 1 N–H and O–H groups in total. The van der Waals surface area contributed by atoms with E-state index in [-0.39, 0.29) is 36.3 Å². The van der Waals surface area contributed by atoms with Crippen LogP contribution < -0.4 is 0 Å². The molecule has 3 aliphatic rings. The maximum atomic E-state index is 14.4. The van der Waals surface area contributed by atoms with E-state index in [0.29, 0.717) is 25.9 Å². The third-order valence-corrected chi connectivity index (χ3v) is 7.71. The van der Waals surface area contributed by atoms with Gasteiger partial charge in [0.2, 0.25) is 17.7 Å². The molecule has 2 unspecified atom stereocenters. The predicted octanol–water partition coefficient (Wildman–Crippen LogP) is 2.23. The van der Waals surface area contributed by atoms with Crippen molar-refractivity contribution in [1.29, 1.82) is 0 Å². The number of ether oxygens (including phenoxy) is 1. The van der Waals surface area contributed by atoms with Gasteiger partial charge in [0.15, 0.2) is 0 Å². The van der Waals surface area contributed by atoms with Gasteiger partial charge in [0.1, 0.15) is 11.6 Å². The van der Waals surface area contributed by atoms with Crippen LogP contribution in [0.5, 0.6) is 0 Å². The van der Waals surface area contributed by atoms with Crippen molar-refractivity contribution < 1.29 is 24.2 Å². The van der Waals surface area contributed by atoms with E-state index in [1.165, 1.54) is 4.90 Å². The molecule has 1 spiro atoms. The van der Waals surface area contributed by atoms with Crippen LogP contribution in [-0.2, 0) is 19.1 Å². The Morgan fingerprint density at radius 1 is 1.17 bits per heavy atom. The van der Waals surface area contributed by atoms with Crippen LogP contribution in [0.2, 0.25) is 0 Å². The summed E-state index contributed by atoms with van der Waals surface area (Å²) in [5.41, 5.74) is -1.61. The second kappa shape index (κ2) is 9.69. The maximum Gasteiger partial charge on any atom is 0.249 e. The summed E-state index contributed by atoms with van der Waals surface area (Å²) in [7, 11) is 1.69. The first-order valence-corrected chi connectivity index (χ1v) is 12.6. The Morgan fingerprint density at radius 2 is 1.80 bits per heavy atom. The summed E-state index contributed by atoms with van der Waals surface area (Å²) >= 11 is 0. The molecular weight excluding hydrogens is 446 g/mol. The predicted molar refractivity (Wildman–Crippen MR) is 134 cm³/mol.